The minimum absolute atomic E-state index is 0.0235. The van der Waals surface area contributed by atoms with Crippen molar-refractivity contribution >= 4 is 43.2 Å². The van der Waals surface area contributed by atoms with Gasteiger partial charge >= 0.3 is 0 Å². The van der Waals surface area contributed by atoms with E-state index in [0.29, 0.717) is 16.6 Å². The summed E-state index contributed by atoms with van der Waals surface area (Å²) in [6, 6.07) is 17.7. The number of rotatable bonds is 7. The molecule has 8 heteroatoms. The largest absolute Gasteiger partial charge is 0.322 e. The third-order valence-electron chi connectivity index (χ3n) is 4.74. The van der Waals surface area contributed by atoms with E-state index in [9.17, 15) is 17.6 Å². The van der Waals surface area contributed by atoms with Crippen LogP contribution in [0.5, 0.6) is 0 Å². The molecular weight excluding hydrogens is 483 g/mol. The van der Waals surface area contributed by atoms with Crippen molar-refractivity contribution in [3.05, 3.63) is 88.1 Å². The Bertz CT molecular complexity index is 1200. The van der Waals surface area contributed by atoms with Crippen LogP contribution in [0.1, 0.15) is 18.1 Å². The first-order valence-electron chi connectivity index (χ1n) is 9.64. The predicted octanol–water partition coefficient (Wildman–Crippen LogP) is 5.29. The molecule has 1 amide bonds. The Hall–Kier alpha value is -2.71. The Balaban J connectivity index is 1.99. The first-order valence-corrected chi connectivity index (χ1v) is 11.9. The first-order chi connectivity index (χ1) is 14.7. The highest BCUT2D eigenvalue weighted by Gasteiger charge is 2.28. The third kappa shape index (κ3) is 5.32. The van der Waals surface area contributed by atoms with Gasteiger partial charge < -0.3 is 5.32 Å². The summed E-state index contributed by atoms with van der Waals surface area (Å²) in [7, 11) is -4.04. The van der Waals surface area contributed by atoms with Gasteiger partial charge in [0.05, 0.1) is 16.3 Å². The van der Waals surface area contributed by atoms with Gasteiger partial charge in [0.1, 0.15) is 12.4 Å². The van der Waals surface area contributed by atoms with Gasteiger partial charge in [-0.05, 0) is 55.3 Å². The standard InChI is InChI=1S/C23H22BrFN2O3S/c1-3-17-6-4-5-7-22(17)27(31(29,30)19-11-8-16(2)9-12-19)15-23(28)26-21-13-10-18(24)14-20(21)25/h4-14H,3,15H2,1-2H3,(H,26,28). The maximum atomic E-state index is 14.2. The summed E-state index contributed by atoms with van der Waals surface area (Å²) in [5.41, 5.74) is 2.09. The highest BCUT2D eigenvalue weighted by molar-refractivity contribution is 9.10. The molecule has 0 unspecified atom stereocenters. The number of anilines is 2. The minimum atomic E-state index is -4.04. The average Bonchev–Trinajstić information content (AvgIpc) is 2.74. The SMILES string of the molecule is CCc1ccccc1N(CC(=O)Nc1ccc(Br)cc1F)S(=O)(=O)c1ccc(C)cc1. The van der Waals surface area contributed by atoms with Gasteiger partial charge in [-0.3, -0.25) is 9.10 Å². The van der Waals surface area contributed by atoms with Crippen LogP contribution in [0, 0.1) is 12.7 Å². The smallest absolute Gasteiger partial charge is 0.264 e. The molecule has 0 radical (unpaired) electrons. The zero-order chi connectivity index (χ0) is 22.6. The number of nitrogens with one attached hydrogen (secondary N) is 1. The normalized spacial score (nSPS) is 11.2. The van der Waals surface area contributed by atoms with Gasteiger partial charge in [-0.15, -0.1) is 0 Å². The van der Waals surface area contributed by atoms with E-state index in [-0.39, 0.29) is 10.6 Å². The predicted molar refractivity (Wildman–Crippen MR) is 124 cm³/mol. The summed E-state index contributed by atoms with van der Waals surface area (Å²) in [5, 5.41) is 2.47. The Kier molecular flexibility index (Phi) is 7.12. The van der Waals surface area contributed by atoms with Crippen LogP contribution in [0.25, 0.3) is 0 Å². The van der Waals surface area contributed by atoms with E-state index < -0.39 is 28.3 Å². The Morgan fingerprint density at radius 1 is 1.06 bits per heavy atom. The monoisotopic (exact) mass is 504 g/mol. The molecule has 0 fully saturated rings. The Labute approximate surface area is 190 Å². The molecule has 1 N–H and O–H groups in total. The van der Waals surface area contributed by atoms with Crippen molar-refractivity contribution in [1.82, 2.24) is 0 Å². The molecule has 0 aromatic heterocycles. The summed E-state index contributed by atoms with van der Waals surface area (Å²) in [6.07, 6.45) is 0.582. The molecule has 0 aliphatic rings. The maximum absolute atomic E-state index is 14.2. The number of amides is 1. The van der Waals surface area contributed by atoms with Crippen molar-refractivity contribution in [2.45, 2.75) is 25.2 Å². The molecule has 3 aromatic carbocycles. The highest BCUT2D eigenvalue weighted by Crippen LogP contribution is 2.28. The fraction of sp³-hybridized carbons (Fsp3) is 0.174. The number of benzene rings is 3. The molecule has 5 nitrogen and oxygen atoms in total. The molecule has 162 valence electrons. The van der Waals surface area contributed by atoms with Gasteiger partial charge in [0.25, 0.3) is 10.0 Å². The van der Waals surface area contributed by atoms with E-state index in [1.165, 1.54) is 24.3 Å². The van der Waals surface area contributed by atoms with Crippen LogP contribution >= 0.6 is 15.9 Å². The van der Waals surface area contributed by atoms with E-state index in [4.69, 9.17) is 0 Å². The molecule has 0 aliphatic heterocycles. The fourth-order valence-corrected chi connectivity index (χ4v) is 4.89. The quantitative estimate of drug-likeness (QED) is 0.475. The van der Waals surface area contributed by atoms with Crippen LogP contribution in [-0.4, -0.2) is 20.9 Å². The van der Waals surface area contributed by atoms with E-state index in [2.05, 4.69) is 21.2 Å². The second-order valence-corrected chi connectivity index (χ2v) is 9.76. The van der Waals surface area contributed by atoms with Crippen LogP contribution in [0.2, 0.25) is 0 Å². The number of carbonyl (C=O) groups excluding carboxylic acids is 1. The third-order valence-corrected chi connectivity index (χ3v) is 7.01. The summed E-state index contributed by atoms with van der Waals surface area (Å²) in [5.74, 6) is -1.27. The number of halogens is 2. The van der Waals surface area contributed by atoms with Crippen LogP contribution in [0.3, 0.4) is 0 Å². The van der Waals surface area contributed by atoms with Crippen molar-refractivity contribution < 1.29 is 17.6 Å². The average molecular weight is 505 g/mol. The summed E-state index contributed by atoms with van der Waals surface area (Å²) in [6.45, 7) is 3.27. The van der Waals surface area contributed by atoms with Crippen molar-refractivity contribution in [2.24, 2.45) is 0 Å². The second-order valence-electron chi connectivity index (χ2n) is 6.98. The summed E-state index contributed by atoms with van der Waals surface area (Å²) >= 11 is 3.17. The van der Waals surface area contributed by atoms with E-state index in [1.54, 1.807) is 30.3 Å². The molecule has 0 saturated heterocycles. The molecule has 0 saturated carbocycles. The van der Waals surface area contributed by atoms with Crippen molar-refractivity contribution in [1.29, 1.82) is 0 Å². The number of hydrogen-bond donors (Lipinski definition) is 1. The van der Waals surface area contributed by atoms with Crippen LogP contribution in [0.4, 0.5) is 15.8 Å². The maximum Gasteiger partial charge on any atom is 0.264 e. The fourth-order valence-electron chi connectivity index (χ4n) is 3.10. The van der Waals surface area contributed by atoms with E-state index >= 15 is 0 Å². The molecule has 0 aliphatic carbocycles. The van der Waals surface area contributed by atoms with Crippen LogP contribution in [-0.2, 0) is 21.2 Å². The molecule has 3 aromatic rings. The number of carbonyl (C=O) groups is 1. The summed E-state index contributed by atoms with van der Waals surface area (Å²) in [4.78, 5) is 12.8. The zero-order valence-electron chi connectivity index (χ0n) is 17.1. The number of aryl methyl sites for hydroxylation is 2. The minimum Gasteiger partial charge on any atom is -0.322 e. The summed E-state index contributed by atoms with van der Waals surface area (Å²) < 4.78 is 42.7. The van der Waals surface area contributed by atoms with Crippen molar-refractivity contribution in [3.63, 3.8) is 0 Å². The second kappa shape index (κ2) is 9.62. The molecular formula is C23H22BrFN2O3S. The van der Waals surface area contributed by atoms with Crippen LogP contribution < -0.4 is 9.62 Å². The lowest BCUT2D eigenvalue weighted by atomic mass is 10.1. The lowest BCUT2D eigenvalue weighted by molar-refractivity contribution is -0.114. The van der Waals surface area contributed by atoms with Gasteiger partial charge in [-0.2, -0.15) is 0 Å². The van der Waals surface area contributed by atoms with E-state index in [1.807, 2.05) is 26.0 Å². The molecule has 0 heterocycles. The molecule has 0 atom stereocenters. The molecule has 3 rings (SSSR count). The van der Waals surface area contributed by atoms with E-state index in [0.717, 1.165) is 15.4 Å². The van der Waals surface area contributed by atoms with Gasteiger partial charge in [-0.25, -0.2) is 12.8 Å². The molecule has 0 bridgehead atoms. The van der Waals surface area contributed by atoms with Crippen LogP contribution in [0.15, 0.2) is 76.1 Å². The molecule has 0 spiro atoms. The Morgan fingerprint density at radius 2 is 1.74 bits per heavy atom. The number of nitrogens with zero attached hydrogens (tertiary/aromatic N) is 1. The van der Waals surface area contributed by atoms with Gasteiger partial charge in [0.2, 0.25) is 5.91 Å². The first kappa shape index (κ1) is 23.0. The topological polar surface area (TPSA) is 66.5 Å². The highest BCUT2D eigenvalue weighted by atomic mass is 79.9. The van der Waals surface area contributed by atoms with Crippen molar-refractivity contribution in [2.75, 3.05) is 16.2 Å². The van der Waals surface area contributed by atoms with Gasteiger partial charge in [0, 0.05) is 4.47 Å². The lowest BCUT2D eigenvalue weighted by Crippen LogP contribution is -2.38. The lowest BCUT2D eigenvalue weighted by Gasteiger charge is -2.26. The number of sulfonamides is 1. The van der Waals surface area contributed by atoms with Crippen molar-refractivity contribution in [3.8, 4) is 0 Å². The Morgan fingerprint density at radius 3 is 2.39 bits per heavy atom. The number of para-hydroxylation sites is 1. The number of hydrogen-bond acceptors (Lipinski definition) is 3. The zero-order valence-corrected chi connectivity index (χ0v) is 19.5. The molecule has 31 heavy (non-hydrogen) atoms. The van der Waals surface area contributed by atoms with Gasteiger partial charge in [-0.1, -0.05) is 58.7 Å². The van der Waals surface area contributed by atoms with Gasteiger partial charge in [0.15, 0.2) is 0 Å².